The maximum absolute atomic E-state index is 13.0. The Labute approximate surface area is 129 Å². The summed E-state index contributed by atoms with van der Waals surface area (Å²) in [5.41, 5.74) is 1.51. The zero-order valence-electron chi connectivity index (χ0n) is 12.1. The zero-order valence-corrected chi connectivity index (χ0v) is 12.9. The molecular formula is C16H17FO4S. The Morgan fingerprint density at radius 3 is 2.50 bits per heavy atom. The third kappa shape index (κ3) is 4.62. The second kappa shape index (κ2) is 7.00. The van der Waals surface area contributed by atoms with Gasteiger partial charge in [0, 0.05) is 6.42 Å². The van der Waals surface area contributed by atoms with Gasteiger partial charge in [0.15, 0.2) is 0 Å². The van der Waals surface area contributed by atoms with Crippen LogP contribution < -0.4 is 0 Å². The maximum atomic E-state index is 13.0. The third-order valence-electron chi connectivity index (χ3n) is 3.09. The monoisotopic (exact) mass is 324 g/mol. The van der Waals surface area contributed by atoms with Gasteiger partial charge in [0.05, 0.1) is 17.6 Å². The molecule has 22 heavy (non-hydrogen) atoms. The average molecular weight is 324 g/mol. The molecule has 2 rings (SSSR count). The highest BCUT2D eigenvalue weighted by Gasteiger charge is 2.17. The number of hydrogen-bond donors (Lipinski definition) is 1. The Balaban J connectivity index is 1.95. The normalized spacial score (nSPS) is 13.0. The molecule has 6 heteroatoms. The highest BCUT2D eigenvalue weighted by atomic mass is 32.2. The van der Waals surface area contributed by atoms with Crippen LogP contribution in [0.5, 0.6) is 0 Å². The molecule has 0 spiro atoms. The quantitative estimate of drug-likeness (QED) is 0.829. The van der Waals surface area contributed by atoms with Gasteiger partial charge in [0.25, 0.3) is 10.1 Å². The first-order chi connectivity index (χ1) is 10.4. The predicted octanol–water partition coefficient (Wildman–Crippen LogP) is 2.44. The van der Waals surface area contributed by atoms with E-state index in [4.69, 9.17) is 4.18 Å². The summed E-state index contributed by atoms with van der Waals surface area (Å²) in [5.74, 6) is -0.405. The topological polar surface area (TPSA) is 63.6 Å². The van der Waals surface area contributed by atoms with Gasteiger partial charge in [0.1, 0.15) is 5.82 Å². The van der Waals surface area contributed by atoms with Crippen LogP contribution in [0.2, 0.25) is 0 Å². The van der Waals surface area contributed by atoms with E-state index >= 15 is 0 Å². The van der Waals surface area contributed by atoms with Gasteiger partial charge in [-0.1, -0.05) is 29.8 Å². The fourth-order valence-corrected chi connectivity index (χ4v) is 2.88. The van der Waals surface area contributed by atoms with Crippen LogP contribution in [0, 0.1) is 12.7 Å². The van der Waals surface area contributed by atoms with Crippen LogP contribution in [0.15, 0.2) is 53.4 Å². The second-order valence-corrected chi connectivity index (χ2v) is 6.65. The van der Waals surface area contributed by atoms with Crippen LogP contribution in [0.3, 0.4) is 0 Å². The summed E-state index contributed by atoms with van der Waals surface area (Å²) in [5, 5.41) is 9.84. The Morgan fingerprint density at radius 1 is 1.18 bits per heavy atom. The molecule has 0 heterocycles. The molecule has 0 fully saturated rings. The SMILES string of the molecule is Cc1ccc(S(=O)(=O)OCC(O)Cc2cccc(F)c2)cc1. The molecule has 0 saturated heterocycles. The van der Waals surface area contributed by atoms with Crippen molar-refractivity contribution in [3.63, 3.8) is 0 Å². The Bertz CT molecular complexity index is 726. The largest absolute Gasteiger partial charge is 0.390 e. The molecule has 2 aromatic carbocycles. The van der Waals surface area contributed by atoms with E-state index in [2.05, 4.69) is 0 Å². The van der Waals surface area contributed by atoms with Gasteiger partial charge in [-0.2, -0.15) is 8.42 Å². The van der Waals surface area contributed by atoms with Crippen molar-refractivity contribution in [2.45, 2.75) is 24.3 Å². The van der Waals surface area contributed by atoms with Crippen molar-refractivity contribution >= 4 is 10.1 Å². The summed E-state index contributed by atoms with van der Waals surface area (Å²) in [7, 11) is -3.91. The van der Waals surface area contributed by atoms with E-state index in [1.807, 2.05) is 6.92 Å². The fourth-order valence-electron chi connectivity index (χ4n) is 1.94. The van der Waals surface area contributed by atoms with Crippen LogP contribution in [-0.2, 0) is 20.7 Å². The first-order valence-corrected chi connectivity index (χ1v) is 8.16. The van der Waals surface area contributed by atoms with Crippen molar-refractivity contribution in [2.24, 2.45) is 0 Å². The van der Waals surface area contributed by atoms with E-state index in [1.165, 1.54) is 30.3 Å². The van der Waals surface area contributed by atoms with Gasteiger partial charge in [-0.3, -0.25) is 4.18 Å². The first-order valence-electron chi connectivity index (χ1n) is 6.75. The smallest absolute Gasteiger partial charge is 0.297 e. The van der Waals surface area contributed by atoms with Gasteiger partial charge >= 0.3 is 0 Å². The molecule has 0 saturated carbocycles. The third-order valence-corrected chi connectivity index (χ3v) is 4.38. The molecule has 0 aliphatic heterocycles. The van der Waals surface area contributed by atoms with Gasteiger partial charge in [0.2, 0.25) is 0 Å². The molecule has 118 valence electrons. The van der Waals surface area contributed by atoms with Crippen LogP contribution in [0.25, 0.3) is 0 Å². The number of aliphatic hydroxyl groups excluding tert-OH is 1. The molecule has 4 nitrogen and oxygen atoms in total. The highest BCUT2D eigenvalue weighted by Crippen LogP contribution is 2.14. The summed E-state index contributed by atoms with van der Waals surface area (Å²) in [6.07, 6.45) is -0.928. The van der Waals surface area contributed by atoms with Crippen molar-refractivity contribution in [1.29, 1.82) is 0 Å². The lowest BCUT2D eigenvalue weighted by atomic mass is 10.1. The summed E-state index contributed by atoms with van der Waals surface area (Å²) in [4.78, 5) is 0.0380. The lowest BCUT2D eigenvalue weighted by Crippen LogP contribution is -2.21. The lowest BCUT2D eigenvalue weighted by Gasteiger charge is -2.11. The van der Waals surface area contributed by atoms with Crippen LogP contribution >= 0.6 is 0 Å². The van der Waals surface area contributed by atoms with Crippen LogP contribution in [0.1, 0.15) is 11.1 Å². The van der Waals surface area contributed by atoms with E-state index < -0.39 is 22.0 Å². The molecule has 0 aromatic heterocycles. The van der Waals surface area contributed by atoms with Crippen LogP contribution in [0.4, 0.5) is 4.39 Å². The zero-order chi connectivity index (χ0) is 16.2. The Morgan fingerprint density at radius 2 is 1.86 bits per heavy atom. The molecule has 0 radical (unpaired) electrons. The van der Waals surface area contributed by atoms with Gasteiger partial charge < -0.3 is 5.11 Å². The van der Waals surface area contributed by atoms with Crippen molar-refractivity contribution < 1.29 is 22.1 Å². The molecule has 2 aromatic rings. The molecular weight excluding hydrogens is 307 g/mol. The Kier molecular flexibility index (Phi) is 5.28. The molecule has 1 unspecified atom stereocenters. The summed E-state index contributed by atoms with van der Waals surface area (Å²) < 4.78 is 41.8. The molecule has 1 atom stereocenters. The standard InChI is InChI=1S/C16H17FO4S/c1-12-5-7-16(8-6-12)22(19,20)21-11-15(18)10-13-3-2-4-14(17)9-13/h2-9,15,18H,10-11H2,1H3. The van der Waals surface area contributed by atoms with Gasteiger partial charge in [-0.15, -0.1) is 0 Å². The van der Waals surface area contributed by atoms with E-state index in [9.17, 15) is 17.9 Å². The lowest BCUT2D eigenvalue weighted by molar-refractivity contribution is 0.111. The van der Waals surface area contributed by atoms with E-state index in [-0.39, 0.29) is 17.9 Å². The summed E-state index contributed by atoms with van der Waals surface area (Å²) in [6.45, 7) is 1.47. The average Bonchev–Trinajstić information content (AvgIpc) is 2.46. The fraction of sp³-hybridized carbons (Fsp3) is 0.250. The number of aliphatic hydroxyl groups is 1. The van der Waals surface area contributed by atoms with E-state index in [1.54, 1.807) is 18.2 Å². The van der Waals surface area contributed by atoms with Crippen molar-refractivity contribution in [2.75, 3.05) is 6.61 Å². The summed E-state index contributed by atoms with van der Waals surface area (Å²) in [6, 6.07) is 12.0. The minimum absolute atomic E-state index is 0.0380. The number of hydrogen-bond acceptors (Lipinski definition) is 4. The van der Waals surface area contributed by atoms with Crippen LogP contribution in [-0.4, -0.2) is 26.2 Å². The van der Waals surface area contributed by atoms with E-state index in [0.29, 0.717) is 5.56 Å². The summed E-state index contributed by atoms with van der Waals surface area (Å²) >= 11 is 0. The number of aryl methyl sites for hydroxylation is 1. The number of benzene rings is 2. The predicted molar refractivity (Wildman–Crippen MR) is 80.4 cm³/mol. The number of rotatable bonds is 6. The molecule has 1 N–H and O–H groups in total. The maximum Gasteiger partial charge on any atom is 0.297 e. The first kappa shape index (κ1) is 16.6. The van der Waals surface area contributed by atoms with Crippen molar-refractivity contribution in [1.82, 2.24) is 0 Å². The van der Waals surface area contributed by atoms with E-state index in [0.717, 1.165) is 5.56 Å². The van der Waals surface area contributed by atoms with Crippen molar-refractivity contribution in [3.8, 4) is 0 Å². The molecule has 0 aliphatic rings. The molecule has 0 aliphatic carbocycles. The second-order valence-electron chi connectivity index (χ2n) is 5.04. The molecule has 0 bridgehead atoms. The molecule has 0 amide bonds. The minimum atomic E-state index is -3.91. The highest BCUT2D eigenvalue weighted by molar-refractivity contribution is 7.86. The van der Waals surface area contributed by atoms with Crippen molar-refractivity contribution in [3.05, 3.63) is 65.5 Å². The van der Waals surface area contributed by atoms with Gasteiger partial charge in [-0.05, 0) is 36.8 Å². The number of halogens is 1. The minimum Gasteiger partial charge on any atom is -0.390 e. The Hall–Kier alpha value is -1.76. The van der Waals surface area contributed by atoms with Gasteiger partial charge in [-0.25, -0.2) is 4.39 Å².